The number of fused-ring (bicyclic) bond motifs is 9. The van der Waals surface area contributed by atoms with E-state index in [9.17, 15) is 30.6 Å². The van der Waals surface area contributed by atoms with Crippen LogP contribution in [0.25, 0.3) is 33.6 Å². The summed E-state index contributed by atoms with van der Waals surface area (Å²) in [5.74, 6) is 0.130. The number of hydrogen-bond acceptors (Lipinski definition) is 9. The number of allylic oxidation sites excluding steroid dienone is 1. The van der Waals surface area contributed by atoms with Crippen LogP contribution in [0, 0.1) is 0 Å². The number of phenols is 5. The second-order valence-corrected chi connectivity index (χ2v) is 11.2. The Kier molecular flexibility index (Phi) is 4.98. The van der Waals surface area contributed by atoms with Crippen molar-refractivity contribution in [2.75, 3.05) is 0 Å². The maximum Gasteiger partial charge on any atom is 0.152 e. The highest BCUT2D eigenvalue weighted by Crippen LogP contribution is 2.60. The molecule has 1 aliphatic carbocycles. The lowest BCUT2D eigenvalue weighted by Crippen LogP contribution is -2.53. The molecule has 5 aromatic rings. The van der Waals surface area contributed by atoms with Gasteiger partial charge in [0.05, 0.1) is 11.1 Å². The zero-order chi connectivity index (χ0) is 29.8. The summed E-state index contributed by atoms with van der Waals surface area (Å²) in [6.07, 6.45) is 0.634. The van der Waals surface area contributed by atoms with E-state index in [1.54, 1.807) is 49.4 Å². The largest absolute Gasteiger partial charge is 0.508 e. The minimum Gasteiger partial charge on any atom is -0.508 e. The van der Waals surface area contributed by atoms with E-state index in [1.165, 1.54) is 36.4 Å². The second kappa shape index (κ2) is 8.50. The first kappa shape index (κ1) is 25.2. The minimum absolute atomic E-state index is 0.00242. The summed E-state index contributed by atoms with van der Waals surface area (Å²) in [6, 6.07) is 18.6. The van der Waals surface area contributed by atoms with Crippen LogP contribution in [0.1, 0.15) is 29.5 Å². The lowest BCUT2D eigenvalue weighted by molar-refractivity contribution is -0.0347. The highest BCUT2D eigenvalue weighted by molar-refractivity contribution is 5.99. The Hall–Kier alpha value is -5.54. The van der Waals surface area contributed by atoms with Crippen molar-refractivity contribution < 1.29 is 44.5 Å². The zero-order valence-corrected chi connectivity index (χ0v) is 22.6. The zero-order valence-electron chi connectivity index (χ0n) is 22.6. The minimum atomic E-state index is -1.24. The number of aliphatic hydroxyl groups is 1. The molecule has 4 aromatic carbocycles. The third-order valence-electron chi connectivity index (χ3n) is 8.42. The lowest BCUT2D eigenvalue weighted by Gasteiger charge is -2.49. The first-order chi connectivity index (χ1) is 20.6. The Balaban J connectivity index is 1.39. The van der Waals surface area contributed by atoms with Crippen LogP contribution in [0.15, 0.2) is 88.9 Å². The predicted octanol–water partition coefficient (Wildman–Crippen LogP) is 6.12. The molecule has 1 unspecified atom stereocenters. The number of phenolic OH excluding ortho intramolecular Hbond substituents is 5. The van der Waals surface area contributed by atoms with Crippen LogP contribution in [-0.2, 0) is 0 Å². The maximum atomic E-state index is 11.7. The van der Waals surface area contributed by atoms with Crippen molar-refractivity contribution in [2.24, 2.45) is 0 Å². The Bertz CT molecular complexity index is 2090. The Morgan fingerprint density at radius 1 is 0.744 bits per heavy atom. The van der Waals surface area contributed by atoms with Gasteiger partial charge in [0.25, 0.3) is 0 Å². The molecule has 214 valence electrons. The molecule has 2 aliphatic heterocycles. The Morgan fingerprint density at radius 3 is 2.30 bits per heavy atom. The summed E-state index contributed by atoms with van der Waals surface area (Å²) in [6.45, 7) is 1.73. The topological polar surface area (TPSA) is 153 Å². The van der Waals surface area contributed by atoms with E-state index in [1.807, 2.05) is 0 Å². The molecule has 6 N–H and O–H groups in total. The number of ether oxygens (including phenoxy) is 2. The van der Waals surface area contributed by atoms with Gasteiger partial charge in [0.15, 0.2) is 5.60 Å². The molecular weight excluding hydrogens is 552 g/mol. The molecule has 3 atom stereocenters. The van der Waals surface area contributed by atoms with Gasteiger partial charge in [0, 0.05) is 46.2 Å². The monoisotopic (exact) mass is 576 g/mol. The van der Waals surface area contributed by atoms with Crippen LogP contribution >= 0.6 is 0 Å². The van der Waals surface area contributed by atoms with Crippen LogP contribution < -0.4 is 9.47 Å². The molecule has 1 aromatic heterocycles. The van der Waals surface area contributed by atoms with Crippen molar-refractivity contribution in [1.82, 2.24) is 0 Å². The van der Waals surface area contributed by atoms with Gasteiger partial charge in [-0.3, -0.25) is 0 Å². The summed E-state index contributed by atoms with van der Waals surface area (Å²) >= 11 is 0. The standard InChI is InChI=1S/C34H24O9/c1-34-14-22-29-24(39)8-16(25-9-15-2-3-18(36)12-26(15)41-25)10-28(29)42-32(20-6-4-17(35)11-23(20)38)30(22)31(33(34)40)21-7-5-19(37)13-27(21)43-34/h2-14,31,33,35-40H,1H3/t31-,33?,34+/m0/s1. The van der Waals surface area contributed by atoms with Crippen LogP contribution in [0.5, 0.6) is 40.2 Å². The highest BCUT2D eigenvalue weighted by Gasteiger charge is 2.53. The Morgan fingerprint density at radius 2 is 1.49 bits per heavy atom. The normalized spacial score (nSPS) is 21.8. The van der Waals surface area contributed by atoms with Crippen molar-refractivity contribution in [3.8, 4) is 51.6 Å². The second-order valence-electron chi connectivity index (χ2n) is 11.2. The molecule has 8 rings (SSSR count). The predicted molar refractivity (Wildman–Crippen MR) is 156 cm³/mol. The van der Waals surface area contributed by atoms with Crippen molar-refractivity contribution in [3.63, 3.8) is 0 Å². The van der Waals surface area contributed by atoms with Crippen LogP contribution in [0.2, 0.25) is 0 Å². The van der Waals surface area contributed by atoms with Gasteiger partial charge in [-0.2, -0.15) is 0 Å². The molecule has 0 saturated heterocycles. The fraction of sp³-hybridized carbons (Fsp3) is 0.118. The molecule has 2 bridgehead atoms. The van der Waals surface area contributed by atoms with Gasteiger partial charge >= 0.3 is 0 Å². The van der Waals surface area contributed by atoms with Gasteiger partial charge in [-0.15, -0.1) is 0 Å². The van der Waals surface area contributed by atoms with Crippen LogP contribution in [0.4, 0.5) is 0 Å². The van der Waals surface area contributed by atoms with Crippen molar-refractivity contribution in [2.45, 2.75) is 24.5 Å². The fourth-order valence-electron chi connectivity index (χ4n) is 6.43. The molecule has 9 heteroatoms. The van der Waals surface area contributed by atoms with Crippen molar-refractivity contribution >= 4 is 22.3 Å². The molecule has 0 fully saturated rings. The van der Waals surface area contributed by atoms with E-state index in [-0.39, 0.29) is 45.8 Å². The molecule has 0 radical (unpaired) electrons. The number of furan rings is 1. The fourth-order valence-corrected chi connectivity index (χ4v) is 6.43. The molecule has 0 spiro atoms. The summed E-state index contributed by atoms with van der Waals surface area (Å²) in [5.41, 5.74) is 1.98. The van der Waals surface area contributed by atoms with E-state index < -0.39 is 17.6 Å². The first-order valence-electron chi connectivity index (χ1n) is 13.6. The molecule has 43 heavy (non-hydrogen) atoms. The van der Waals surface area contributed by atoms with Gasteiger partial charge in [-0.1, -0.05) is 6.07 Å². The third-order valence-corrected chi connectivity index (χ3v) is 8.42. The molecular formula is C34H24O9. The summed E-state index contributed by atoms with van der Waals surface area (Å²) in [7, 11) is 0. The van der Waals surface area contributed by atoms with Crippen molar-refractivity contribution in [3.05, 3.63) is 101 Å². The van der Waals surface area contributed by atoms with Gasteiger partial charge in [0.2, 0.25) is 0 Å². The van der Waals surface area contributed by atoms with E-state index in [0.717, 1.165) is 5.39 Å². The molecule has 0 amide bonds. The highest BCUT2D eigenvalue weighted by atomic mass is 16.5. The Labute approximate surface area is 244 Å². The molecule has 3 aliphatic rings. The molecule has 0 saturated carbocycles. The number of rotatable bonds is 2. The van der Waals surface area contributed by atoms with E-state index in [2.05, 4.69) is 0 Å². The summed E-state index contributed by atoms with van der Waals surface area (Å²) in [4.78, 5) is 0. The van der Waals surface area contributed by atoms with Crippen LogP contribution in [0.3, 0.4) is 0 Å². The van der Waals surface area contributed by atoms with Gasteiger partial charge in [-0.25, -0.2) is 0 Å². The van der Waals surface area contributed by atoms with Crippen molar-refractivity contribution in [1.29, 1.82) is 0 Å². The molecule has 3 heterocycles. The SMILES string of the molecule is C[C@]12C=C3C(=C(c4ccc(O)cc4O)Oc4cc(-c5cc6ccc(O)cc6o5)cc(O)c43)[C@H](c3ccc(O)cc3O1)C2O. The lowest BCUT2D eigenvalue weighted by atomic mass is 9.66. The van der Waals surface area contributed by atoms with Gasteiger partial charge in [0.1, 0.15) is 63.5 Å². The van der Waals surface area contributed by atoms with Gasteiger partial charge in [-0.05, 0) is 67.1 Å². The average Bonchev–Trinajstić information content (AvgIpc) is 3.36. The smallest absolute Gasteiger partial charge is 0.152 e. The van der Waals surface area contributed by atoms with E-state index in [0.29, 0.717) is 44.9 Å². The quantitative estimate of drug-likeness (QED) is 0.146. The number of benzene rings is 4. The summed E-state index contributed by atoms with van der Waals surface area (Å²) < 4.78 is 18.7. The van der Waals surface area contributed by atoms with Crippen LogP contribution in [-0.4, -0.2) is 42.3 Å². The third kappa shape index (κ3) is 3.61. The number of aromatic hydroxyl groups is 5. The number of aliphatic hydroxyl groups excluding tert-OH is 1. The van der Waals surface area contributed by atoms with E-state index >= 15 is 0 Å². The first-order valence-corrected chi connectivity index (χ1v) is 13.6. The maximum absolute atomic E-state index is 11.7. The van der Waals surface area contributed by atoms with E-state index in [4.69, 9.17) is 13.9 Å². The van der Waals surface area contributed by atoms with Gasteiger partial charge < -0.3 is 44.5 Å². The molecule has 9 nitrogen and oxygen atoms in total. The number of hydrogen-bond donors (Lipinski definition) is 6. The summed E-state index contributed by atoms with van der Waals surface area (Å²) in [5, 5.41) is 64.9. The average molecular weight is 577 g/mol.